The zero-order chi connectivity index (χ0) is 26.2. The molecule has 0 radical (unpaired) electrons. The summed E-state index contributed by atoms with van der Waals surface area (Å²) in [7, 11) is 0. The molecular weight excluding hydrogens is 489 g/mol. The largest absolute Gasteiger partial charge is 0.573 e. The van der Waals surface area contributed by atoms with Gasteiger partial charge in [0.05, 0.1) is 29.0 Å². The number of rotatable bonds is 6. The molecule has 0 unspecified atom stereocenters. The molecule has 190 valence electrons. The normalized spacial score (nSPS) is 15.6. The maximum atomic E-state index is 13.6. The van der Waals surface area contributed by atoms with Gasteiger partial charge in [-0.05, 0) is 55.0 Å². The first kappa shape index (κ1) is 24.2. The van der Waals surface area contributed by atoms with Crippen molar-refractivity contribution in [2.45, 2.75) is 18.8 Å². The third kappa shape index (κ3) is 4.92. The average molecular weight is 510 g/mol. The number of fused-ring (bicyclic) bond motifs is 1. The third-order valence-electron chi connectivity index (χ3n) is 6.06. The number of likely N-dealkylation sites (tertiary alicyclic amines) is 1. The highest BCUT2D eigenvalue weighted by molar-refractivity contribution is 5.87. The Morgan fingerprint density at radius 2 is 1.81 bits per heavy atom. The topological polar surface area (TPSA) is 78.6 Å². The smallest absolute Gasteiger partial charge is 0.457 e. The lowest BCUT2D eigenvalue weighted by atomic mass is 10.2. The minimum absolute atomic E-state index is 0.160. The van der Waals surface area contributed by atoms with Crippen molar-refractivity contribution >= 4 is 16.9 Å². The molecule has 4 aromatic rings. The van der Waals surface area contributed by atoms with Gasteiger partial charge in [0, 0.05) is 25.4 Å². The number of nitrogens with zero attached hydrogens (tertiary/aromatic N) is 4. The molecule has 1 atom stereocenters. The molecule has 0 N–H and O–H groups in total. The Morgan fingerprint density at radius 1 is 1.05 bits per heavy atom. The lowest BCUT2D eigenvalue weighted by Gasteiger charge is -2.15. The summed E-state index contributed by atoms with van der Waals surface area (Å²) in [4.78, 5) is 31.5. The van der Waals surface area contributed by atoms with Crippen molar-refractivity contribution in [1.29, 1.82) is 0 Å². The molecule has 37 heavy (non-hydrogen) atoms. The summed E-state index contributed by atoms with van der Waals surface area (Å²) in [5.41, 5.74) is 1.58. The fourth-order valence-electron chi connectivity index (χ4n) is 4.49. The SMILES string of the molecule is C=CC(=O)N1CC[C@@H](n2c(=O)n(-c3ccc(Oc4cccc(OC(F)(F)F)c4)cc3)c3cnccc32)C1. The quantitative estimate of drug-likeness (QED) is 0.347. The van der Waals surface area contributed by atoms with Gasteiger partial charge in [0.25, 0.3) is 0 Å². The van der Waals surface area contributed by atoms with Crippen LogP contribution in [-0.2, 0) is 4.79 Å². The molecule has 2 aromatic carbocycles. The van der Waals surface area contributed by atoms with Crippen molar-refractivity contribution in [3.05, 3.63) is 90.1 Å². The number of amides is 1. The van der Waals surface area contributed by atoms with E-state index >= 15 is 0 Å². The van der Waals surface area contributed by atoms with E-state index in [9.17, 15) is 22.8 Å². The number of hydrogen-bond donors (Lipinski definition) is 0. The molecule has 8 nitrogen and oxygen atoms in total. The highest BCUT2D eigenvalue weighted by Crippen LogP contribution is 2.30. The summed E-state index contributed by atoms with van der Waals surface area (Å²) in [6.07, 6.45) is 0.301. The molecular formula is C26H21F3N4O4. The van der Waals surface area contributed by atoms with Crippen LogP contribution in [0.3, 0.4) is 0 Å². The van der Waals surface area contributed by atoms with E-state index in [1.807, 2.05) is 0 Å². The average Bonchev–Trinajstić information content (AvgIpc) is 3.45. The third-order valence-corrected chi connectivity index (χ3v) is 6.06. The summed E-state index contributed by atoms with van der Waals surface area (Å²) in [6.45, 7) is 4.46. The minimum atomic E-state index is -4.81. The molecule has 1 aliphatic heterocycles. The summed E-state index contributed by atoms with van der Waals surface area (Å²) in [5.74, 6) is -0.0506. The Bertz CT molecular complexity index is 1530. The van der Waals surface area contributed by atoms with Crippen molar-refractivity contribution in [3.8, 4) is 22.9 Å². The van der Waals surface area contributed by atoms with Gasteiger partial charge < -0.3 is 14.4 Å². The molecule has 1 saturated heterocycles. The Balaban J connectivity index is 1.43. The van der Waals surface area contributed by atoms with E-state index in [0.29, 0.717) is 42.0 Å². The zero-order valence-corrected chi connectivity index (χ0v) is 19.4. The van der Waals surface area contributed by atoms with E-state index in [2.05, 4.69) is 16.3 Å². The number of imidazole rings is 1. The van der Waals surface area contributed by atoms with Crippen LogP contribution >= 0.6 is 0 Å². The van der Waals surface area contributed by atoms with Crippen LogP contribution < -0.4 is 15.2 Å². The highest BCUT2D eigenvalue weighted by Gasteiger charge is 2.31. The molecule has 1 aliphatic rings. The number of carbonyl (C=O) groups excluding carboxylic acids is 1. The zero-order valence-electron chi connectivity index (χ0n) is 19.4. The summed E-state index contributed by atoms with van der Waals surface area (Å²) >= 11 is 0. The number of carbonyl (C=O) groups is 1. The molecule has 2 aromatic heterocycles. The van der Waals surface area contributed by atoms with Gasteiger partial charge in [0.2, 0.25) is 5.91 Å². The van der Waals surface area contributed by atoms with Crippen LogP contribution in [0.1, 0.15) is 12.5 Å². The van der Waals surface area contributed by atoms with E-state index < -0.39 is 12.1 Å². The van der Waals surface area contributed by atoms with Gasteiger partial charge >= 0.3 is 12.1 Å². The molecule has 1 amide bonds. The van der Waals surface area contributed by atoms with E-state index in [4.69, 9.17) is 4.74 Å². The van der Waals surface area contributed by atoms with Gasteiger partial charge in [-0.1, -0.05) is 12.6 Å². The fourth-order valence-corrected chi connectivity index (χ4v) is 4.49. The Hall–Kier alpha value is -4.54. The molecule has 1 fully saturated rings. The van der Waals surface area contributed by atoms with Crippen molar-refractivity contribution in [2.75, 3.05) is 13.1 Å². The second-order valence-corrected chi connectivity index (χ2v) is 8.40. The van der Waals surface area contributed by atoms with Gasteiger partial charge in [-0.3, -0.25) is 18.9 Å². The van der Waals surface area contributed by atoms with Crippen LogP contribution in [0.25, 0.3) is 16.7 Å². The fraction of sp³-hybridized carbons (Fsp3) is 0.192. The van der Waals surface area contributed by atoms with Crippen LogP contribution in [-0.4, -0.2) is 44.4 Å². The summed E-state index contributed by atoms with van der Waals surface area (Å²) in [5, 5.41) is 0. The van der Waals surface area contributed by atoms with Crippen LogP contribution in [0.15, 0.2) is 84.4 Å². The van der Waals surface area contributed by atoms with E-state index in [1.165, 1.54) is 28.8 Å². The first-order chi connectivity index (χ1) is 17.7. The molecule has 0 spiro atoms. The van der Waals surface area contributed by atoms with Crippen LogP contribution in [0, 0.1) is 0 Å². The molecule has 5 rings (SSSR count). The predicted molar refractivity (Wildman–Crippen MR) is 129 cm³/mol. The first-order valence-corrected chi connectivity index (χ1v) is 11.4. The monoisotopic (exact) mass is 510 g/mol. The molecule has 0 bridgehead atoms. The standard InChI is InChI=1S/C26H21F3N4O4/c1-2-24(34)31-13-11-18(16-31)33-22-10-12-30-15-23(22)32(25(33)35)17-6-8-19(9-7-17)36-20-4-3-5-21(14-20)37-26(27,28)29/h2-10,12,14-15,18H,1,11,13,16H2/t18-/m1/s1. The second kappa shape index (κ2) is 9.49. The molecule has 0 saturated carbocycles. The lowest BCUT2D eigenvalue weighted by molar-refractivity contribution is -0.274. The number of halogens is 3. The van der Waals surface area contributed by atoms with Crippen LogP contribution in [0.2, 0.25) is 0 Å². The minimum Gasteiger partial charge on any atom is -0.457 e. The highest BCUT2D eigenvalue weighted by atomic mass is 19.4. The molecule has 0 aliphatic carbocycles. The predicted octanol–water partition coefficient (Wildman–Crippen LogP) is 4.84. The van der Waals surface area contributed by atoms with Gasteiger partial charge in [0.1, 0.15) is 17.2 Å². The molecule has 3 heterocycles. The summed E-state index contributed by atoms with van der Waals surface area (Å²) < 4.78 is 50.3. The van der Waals surface area contributed by atoms with Gasteiger partial charge in [-0.25, -0.2) is 4.79 Å². The van der Waals surface area contributed by atoms with Crippen LogP contribution in [0.4, 0.5) is 13.2 Å². The summed E-state index contributed by atoms with van der Waals surface area (Å²) in [6, 6.07) is 13.3. The van der Waals surface area contributed by atoms with E-state index in [1.54, 1.807) is 52.2 Å². The number of hydrogen-bond acceptors (Lipinski definition) is 5. The van der Waals surface area contributed by atoms with Crippen LogP contribution in [0.5, 0.6) is 17.2 Å². The Kier molecular flexibility index (Phi) is 6.20. The number of benzene rings is 2. The Labute approximate surface area is 208 Å². The molecule has 11 heteroatoms. The van der Waals surface area contributed by atoms with Crippen molar-refractivity contribution < 1.29 is 27.4 Å². The van der Waals surface area contributed by atoms with E-state index in [0.717, 1.165) is 6.07 Å². The van der Waals surface area contributed by atoms with Gasteiger partial charge in [-0.15, -0.1) is 13.2 Å². The van der Waals surface area contributed by atoms with Crippen molar-refractivity contribution in [3.63, 3.8) is 0 Å². The van der Waals surface area contributed by atoms with Crippen molar-refractivity contribution in [2.24, 2.45) is 0 Å². The number of pyridine rings is 1. The number of alkyl halides is 3. The maximum Gasteiger partial charge on any atom is 0.573 e. The second-order valence-electron chi connectivity index (χ2n) is 8.40. The van der Waals surface area contributed by atoms with E-state index in [-0.39, 0.29) is 23.4 Å². The first-order valence-electron chi connectivity index (χ1n) is 11.4. The van der Waals surface area contributed by atoms with Gasteiger partial charge in [0.15, 0.2) is 0 Å². The van der Waals surface area contributed by atoms with Gasteiger partial charge in [-0.2, -0.15) is 0 Å². The van der Waals surface area contributed by atoms with Crippen molar-refractivity contribution in [1.82, 2.24) is 19.0 Å². The number of aromatic nitrogens is 3. The Morgan fingerprint density at radius 3 is 2.54 bits per heavy atom. The lowest BCUT2D eigenvalue weighted by Crippen LogP contribution is -2.31. The number of ether oxygens (including phenoxy) is 2. The maximum absolute atomic E-state index is 13.6.